The predicted molar refractivity (Wildman–Crippen MR) is 79.3 cm³/mol. The minimum absolute atomic E-state index is 0.0604. The van der Waals surface area contributed by atoms with Gasteiger partial charge in [-0.3, -0.25) is 4.79 Å². The lowest BCUT2D eigenvalue weighted by atomic mass is 10.1. The minimum atomic E-state index is -3.56. The van der Waals surface area contributed by atoms with Crippen LogP contribution in [0, 0.1) is 0 Å². The van der Waals surface area contributed by atoms with Gasteiger partial charge in [-0.05, 0) is 18.1 Å². The SMILES string of the molecule is CCOCCOC(=O)CS(=O)(=O)Cc1cccc(CN)c1. The van der Waals surface area contributed by atoms with Crippen molar-refractivity contribution in [3.05, 3.63) is 35.4 Å². The number of nitrogens with two attached hydrogens (primary N) is 1. The Morgan fingerprint density at radius 1 is 1.24 bits per heavy atom. The Balaban J connectivity index is 2.51. The summed E-state index contributed by atoms with van der Waals surface area (Å²) in [5.74, 6) is -1.60. The summed E-state index contributed by atoms with van der Waals surface area (Å²) < 4.78 is 33.7. The summed E-state index contributed by atoms with van der Waals surface area (Å²) in [5.41, 5.74) is 6.97. The van der Waals surface area contributed by atoms with Gasteiger partial charge >= 0.3 is 5.97 Å². The molecule has 0 aliphatic carbocycles. The molecule has 0 heterocycles. The van der Waals surface area contributed by atoms with Crippen LogP contribution in [0.25, 0.3) is 0 Å². The van der Waals surface area contributed by atoms with Gasteiger partial charge in [0.1, 0.15) is 12.4 Å². The summed E-state index contributed by atoms with van der Waals surface area (Å²) in [4.78, 5) is 11.5. The topological polar surface area (TPSA) is 95.7 Å². The van der Waals surface area contributed by atoms with Crippen LogP contribution in [0.5, 0.6) is 0 Å². The fraction of sp³-hybridized carbons (Fsp3) is 0.500. The van der Waals surface area contributed by atoms with E-state index in [1.807, 2.05) is 13.0 Å². The van der Waals surface area contributed by atoms with Crippen LogP contribution < -0.4 is 5.73 Å². The van der Waals surface area contributed by atoms with Crippen LogP contribution in [0.4, 0.5) is 0 Å². The van der Waals surface area contributed by atoms with Gasteiger partial charge in [0.25, 0.3) is 0 Å². The lowest BCUT2D eigenvalue weighted by Crippen LogP contribution is -2.21. The molecule has 0 radical (unpaired) electrons. The monoisotopic (exact) mass is 315 g/mol. The molecule has 6 nitrogen and oxygen atoms in total. The van der Waals surface area contributed by atoms with Crippen LogP contribution in [0.1, 0.15) is 18.1 Å². The zero-order valence-electron chi connectivity index (χ0n) is 12.1. The van der Waals surface area contributed by atoms with Crippen molar-refractivity contribution in [1.82, 2.24) is 0 Å². The highest BCUT2D eigenvalue weighted by atomic mass is 32.2. The predicted octanol–water partition coefficient (Wildman–Crippen LogP) is 0.640. The zero-order chi connectivity index (χ0) is 15.7. The van der Waals surface area contributed by atoms with E-state index in [1.165, 1.54) is 0 Å². The molecule has 0 aliphatic heterocycles. The number of esters is 1. The Labute approximate surface area is 125 Å². The van der Waals surface area contributed by atoms with Crippen LogP contribution in [-0.4, -0.2) is 40.0 Å². The molecule has 1 aromatic rings. The third-order valence-electron chi connectivity index (χ3n) is 2.65. The first kappa shape index (κ1) is 17.6. The number of sulfone groups is 1. The molecule has 1 rings (SSSR count). The number of ether oxygens (including phenoxy) is 2. The molecule has 0 saturated heterocycles. The Morgan fingerprint density at radius 2 is 1.95 bits per heavy atom. The van der Waals surface area contributed by atoms with E-state index in [0.717, 1.165) is 5.56 Å². The van der Waals surface area contributed by atoms with Crippen molar-refractivity contribution in [2.24, 2.45) is 5.73 Å². The molecule has 0 unspecified atom stereocenters. The van der Waals surface area contributed by atoms with Crippen LogP contribution in [0.3, 0.4) is 0 Å². The maximum atomic E-state index is 11.9. The third kappa shape index (κ3) is 7.22. The molecule has 7 heteroatoms. The highest BCUT2D eigenvalue weighted by Crippen LogP contribution is 2.10. The summed E-state index contributed by atoms with van der Waals surface area (Å²) in [5, 5.41) is 0. The summed E-state index contributed by atoms with van der Waals surface area (Å²) in [6.07, 6.45) is 0. The lowest BCUT2D eigenvalue weighted by molar-refractivity contribution is -0.142. The average molecular weight is 315 g/mol. The molecule has 0 spiro atoms. The van der Waals surface area contributed by atoms with Gasteiger partial charge in [0.05, 0.1) is 12.4 Å². The summed E-state index contributed by atoms with van der Waals surface area (Å²) >= 11 is 0. The van der Waals surface area contributed by atoms with E-state index >= 15 is 0 Å². The number of rotatable bonds is 9. The number of carbonyl (C=O) groups excluding carboxylic acids is 1. The molecule has 0 amide bonds. The Kier molecular flexibility index (Phi) is 7.35. The van der Waals surface area contributed by atoms with Crippen molar-refractivity contribution < 1.29 is 22.7 Å². The van der Waals surface area contributed by atoms with Crippen LogP contribution in [0.2, 0.25) is 0 Å². The van der Waals surface area contributed by atoms with Crippen molar-refractivity contribution in [2.45, 2.75) is 19.2 Å². The molecule has 0 atom stereocenters. The first-order chi connectivity index (χ1) is 9.96. The van der Waals surface area contributed by atoms with E-state index in [4.69, 9.17) is 15.2 Å². The molecular weight excluding hydrogens is 294 g/mol. The van der Waals surface area contributed by atoms with Crippen LogP contribution >= 0.6 is 0 Å². The van der Waals surface area contributed by atoms with Gasteiger partial charge < -0.3 is 15.2 Å². The molecule has 1 aromatic carbocycles. The largest absolute Gasteiger partial charge is 0.462 e. The van der Waals surface area contributed by atoms with Gasteiger partial charge in [0, 0.05) is 13.2 Å². The van der Waals surface area contributed by atoms with E-state index in [9.17, 15) is 13.2 Å². The number of carbonyl (C=O) groups is 1. The van der Waals surface area contributed by atoms with E-state index in [1.54, 1.807) is 18.2 Å². The van der Waals surface area contributed by atoms with Crippen LogP contribution in [-0.2, 0) is 36.4 Å². The van der Waals surface area contributed by atoms with Crippen molar-refractivity contribution >= 4 is 15.8 Å². The molecule has 0 saturated carbocycles. The fourth-order valence-electron chi connectivity index (χ4n) is 1.73. The second-order valence-electron chi connectivity index (χ2n) is 4.47. The smallest absolute Gasteiger partial charge is 0.321 e. The summed E-state index contributed by atoms with van der Waals surface area (Å²) in [6, 6.07) is 6.97. The maximum absolute atomic E-state index is 11.9. The van der Waals surface area contributed by atoms with E-state index < -0.39 is 21.6 Å². The molecule has 0 fully saturated rings. The van der Waals surface area contributed by atoms with Gasteiger partial charge in [0.2, 0.25) is 0 Å². The highest BCUT2D eigenvalue weighted by molar-refractivity contribution is 7.91. The number of hydrogen-bond acceptors (Lipinski definition) is 6. The van der Waals surface area contributed by atoms with Crippen molar-refractivity contribution in [2.75, 3.05) is 25.6 Å². The normalized spacial score (nSPS) is 11.3. The zero-order valence-corrected chi connectivity index (χ0v) is 12.9. The average Bonchev–Trinajstić information content (AvgIpc) is 2.42. The van der Waals surface area contributed by atoms with Gasteiger partial charge in [-0.1, -0.05) is 24.3 Å². The van der Waals surface area contributed by atoms with E-state index in [-0.39, 0.29) is 19.0 Å². The standard InChI is InChI=1S/C14H21NO5S/c1-2-19-6-7-20-14(16)11-21(17,18)10-13-5-3-4-12(8-13)9-15/h3-5,8H,2,6-7,9-11,15H2,1H3. The molecule has 118 valence electrons. The minimum Gasteiger partial charge on any atom is -0.462 e. The molecule has 0 aliphatic rings. The number of benzene rings is 1. The molecule has 0 aromatic heterocycles. The van der Waals surface area contributed by atoms with E-state index in [2.05, 4.69) is 0 Å². The molecular formula is C14H21NO5S. The summed E-state index contributed by atoms with van der Waals surface area (Å²) in [7, 11) is -3.56. The Morgan fingerprint density at radius 3 is 2.62 bits per heavy atom. The second kappa shape index (κ2) is 8.76. The fourth-order valence-corrected chi connectivity index (χ4v) is 2.96. The second-order valence-corrected chi connectivity index (χ2v) is 6.54. The Bertz CT molecular complexity index is 556. The Hall–Kier alpha value is -1.44. The van der Waals surface area contributed by atoms with Crippen molar-refractivity contribution in [3.8, 4) is 0 Å². The quantitative estimate of drug-likeness (QED) is 0.531. The van der Waals surface area contributed by atoms with Gasteiger partial charge in [-0.25, -0.2) is 8.42 Å². The van der Waals surface area contributed by atoms with Crippen molar-refractivity contribution in [3.63, 3.8) is 0 Å². The molecule has 21 heavy (non-hydrogen) atoms. The lowest BCUT2D eigenvalue weighted by Gasteiger charge is -2.07. The summed E-state index contributed by atoms with van der Waals surface area (Å²) in [6.45, 7) is 3.01. The maximum Gasteiger partial charge on any atom is 0.321 e. The van der Waals surface area contributed by atoms with Crippen LogP contribution in [0.15, 0.2) is 24.3 Å². The molecule has 2 N–H and O–H groups in total. The number of hydrogen-bond donors (Lipinski definition) is 1. The van der Waals surface area contributed by atoms with Gasteiger partial charge in [-0.15, -0.1) is 0 Å². The third-order valence-corrected chi connectivity index (χ3v) is 4.09. The molecule has 0 bridgehead atoms. The first-order valence-corrected chi connectivity index (χ1v) is 8.50. The van der Waals surface area contributed by atoms with Gasteiger partial charge in [-0.2, -0.15) is 0 Å². The van der Waals surface area contributed by atoms with Gasteiger partial charge in [0.15, 0.2) is 9.84 Å². The first-order valence-electron chi connectivity index (χ1n) is 6.68. The highest BCUT2D eigenvalue weighted by Gasteiger charge is 2.18. The van der Waals surface area contributed by atoms with Crippen molar-refractivity contribution in [1.29, 1.82) is 0 Å². The van der Waals surface area contributed by atoms with E-state index in [0.29, 0.717) is 18.7 Å².